The van der Waals surface area contributed by atoms with Crippen LogP contribution in [0, 0.1) is 0 Å². The van der Waals surface area contributed by atoms with Gasteiger partial charge in [-0.1, -0.05) is 121 Å². The van der Waals surface area contributed by atoms with Gasteiger partial charge in [0.15, 0.2) is 0 Å². The van der Waals surface area contributed by atoms with Gasteiger partial charge in [0.05, 0.1) is 0 Å². The summed E-state index contributed by atoms with van der Waals surface area (Å²) < 4.78 is 31.6. The van der Waals surface area contributed by atoms with Crippen molar-refractivity contribution >= 4 is 103 Å². The molecule has 0 saturated carbocycles. The summed E-state index contributed by atoms with van der Waals surface area (Å²) in [6, 6.07) is 51.0. The molecular weight excluding hydrogens is 694 g/mol. The normalized spacial score (nSPS) is 12.2. The maximum Gasteiger partial charge on any atom is 0.309 e. The van der Waals surface area contributed by atoms with Crippen LogP contribution in [0.1, 0.15) is 6.42 Å². The van der Waals surface area contributed by atoms with Gasteiger partial charge in [-0.15, -0.1) is 0 Å². The van der Waals surface area contributed by atoms with Crippen molar-refractivity contribution in [2.24, 2.45) is 0 Å². The third kappa shape index (κ3) is 5.58. The Bertz CT molecular complexity index is 2710. The molecule has 0 aliphatic carbocycles. The maximum absolute atomic E-state index is 6.81. The van der Waals surface area contributed by atoms with Crippen LogP contribution in [0.15, 0.2) is 162 Å². The van der Waals surface area contributed by atoms with Crippen molar-refractivity contribution in [2.45, 2.75) is 6.42 Å². The molecule has 8 heteroatoms. The summed E-state index contributed by atoms with van der Waals surface area (Å²) in [5, 5.41) is 13.6. The molecule has 10 rings (SSSR count). The molecule has 0 saturated heterocycles. The van der Waals surface area contributed by atoms with Crippen LogP contribution in [0.3, 0.4) is 0 Å². The van der Waals surface area contributed by atoms with Crippen molar-refractivity contribution in [1.29, 1.82) is 0 Å². The summed E-state index contributed by atoms with van der Waals surface area (Å²) in [4.78, 5) is 0. The van der Waals surface area contributed by atoms with E-state index in [0.717, 1.165) is 84.9 Å². The Morgan fingerprint density at radius 1 is 0.358 bits per heavy atom. The lowest BCUT2D eigenvalue weighted by molar-refractivity contribution is 0.617. The molecule has 0 fully saturated rings. The van der Waals surface area contributed by atoms with Crippen LogP contribution >= 0.6 is 16.3 Å². The number of nitrogens with zero attached hydrogens (tertiary/aromatic N) is 2. The van der Waals surface area contributed by atoms with Gasteiger partial charge in [0.1, 0.15) is 22.3 Å². The first-order chi connectivity index (χ1) is 26.1. The van der Waals surface area contributed by atoms with Gasteiger partial charge in [0.25, 0.3) is 0 Å². The second-order valence-corrected chi connectivity index (χ2v) is 16.6. The number of fused-ring (bicyclic) bond motifs is 14. The van der Waals surface area contributed by atoms with E-state index in [0.29, 0.717) is 0 Å². The Kier molecular flexibility index (Phi) is 8.01. The highest BCUT2D eigenvalue weighted by molar-refractivity contribution is 7.39. The second-order valence-electron chi connectivity index (χ2n) is 13.6. The molecule has 2 aromatic heterocycles. The molecule has 260 valence electrons. The Morgan fingerprint density at radius 2 is 0.623 bits per heavy atom. The van der Waals surface area contributed by atoms with E-state index >= 15 is 0 Å². The lowest BCUT2D eigenvalue weighted by Crippen LogP contribution is -2.21. The molecule has 6 nitrogen and oxygen atoms in total. The first-order valence-corrected chi connectivity index (χ1v) is 20.2. The highest BCUT2D eigenvalue weighted by Crippen LogP contribution is 2.43. The molecular formula is C45H36N2O4P2. The highest BCUT2D eigenvalue weighted by Gasteiger charge is 2.18. The molecule has 10 aromatic rings. The van der Waals surface area contributed by atoms with Crippen LogP contribution in [-0.4, -0.2) is 27.2 Å². The number of benzene rings is 8. The third-order valence-electron chi connectivity index (χ3n) is 10.3. The van der Waals surface area contributed by atoms with Crippen LogP contribution in [0.25, 0.3) is 87.0 Å². The minimum absolute atomic E-state index is 0.757. The fraction of sp³-hybridized carbons (Fsp3) is 0.111. The lowest BCUT2D eigenvalue weighted by Gasteiger charge is -2.16. The second kappa shape index (κ2) is 13.2. The van der Waals surface area contributed by atoms with Crippen molar-refractivity contribution in [1.82, 2.24) is 0 Å². The average Bonchev–Trinajstić information content (AvgIpc) is 3.50. The lowest BCUT2D eigenvalue weighted by atomic mass is 9.99. The molecule has 0 spiro atoms. The van der Waals surface area contributed by atoms with Crippen LogP contribution in [-0.2, 0) is 0 Å². The van der Waals surface area contributed by atoms with E-state index in [1.165, 1.54) is 21.5 Å². The van der Waals surface area contributed by atoms with Crippen LogP contribution < -0.4 is 9.34 Å². The number of hydrogen-bond donors (Lipinski definition) is 0. The molecule has 0 radical (unpaired) electrons. The zero-order valence-corrected chi connectivity index (χ0v) is 31.2. The summed E-state index contributed by atoms with van der Waals surface area (Å²) in [5.74, 6) is 0. The number of hydrogen-bond acceptors (Lipinski definition) is 6. The fourth-order valence-electron chi connectivity index (χ4n) is 7.69. The van der Waals surface area contributed by atoms with Crippen molar-refractivity contribution in [3.63, 3.8) is 0 Å². The predicted octanol–water partition coefficient (Wildman–Crippen LogP) is 13.7. The molecule has 0 aliphatic heterocycles. The Labute approximate surface area is 307 Å². The minimum Gasteiger partial charge on any atom is -0.408 e. The minimum atomic E-state index is -1.44. The predicted molar refractivity (Wildman–Crippen MR) is 225 cm³/mol. The van der Waals surface area contributed by atoms with Crippen molar-refractivity contribution in [3.8, 4) is 0 Å². The first kappa shape index (κ1) is 32.2. The summed E-state index contributed by atoms with van der Waals surface area (Å²) in [6.07, 6.45) is 0.856. The maximum atomic E-state index is 6.81. The van der Waals surface area contributed by atoms with E-state index in [1.54, 1.807) is 0 Å². The molecule has 53 heavy (non-hydrogen) atoms. The van der Waals surface area contributed by atoms with Crippen LogP contribution in [0.4, 0.5) is 0 Å². The van der Waals surface area contributed by atoms with Gasteiger partial charge < -0.3 is 16.8 Å². The summed E-state index contributed by atoms with van der Waals surface area (Å²) in [7, 11) is 1.30. The summed E-state index contributed by atoms with van der Waals surface area (Å²) >= 11 is 0. The highest BCUT2D eigenvalue weighted by atomic mass is 31.1. The van der Waals surface area contributed by atoms with E-state index in [1.807, 2.05) is 0 Å². The molecule has 0 N–H and O–H groups in total. The van der Waals surface area contributed by atoms with Gasteiger partial charge in [0, 0.05) is 48.7 Å². The summed E-state index contributed by atoms with van der Waals surface area (Å²) in [5.41, 5.74) is 3.37. The molecule has 0 amide bonds. The average molecular weight is 731 g/mol. The Morgan fingerprint density at radius 3 is 0.906 bits per heavy atom. The van der Waals surface area contributed by atoms with Gasteiger partial charge in [-0.05, 0) is 73.8 Å². The summed E-state index contributed by atoms with van der Waals surface area (Å²) in [6.45, 7) is 1.51. The van der Waals surface area contributed by atoms with E-state index in [-0.39, 0.29) is 0 Å². The monoisotopic (exact) mass is 730 g/mol. The van der Waals surface area contributed by atoms with Gasteiger partial charge in [-0.3, -0.25) is 0 Å². The van der Waals surface area contributed by atoms with E-state index in [2.05, 4.69) is 169 Å². The quantitative estimate of drug-likeness (QED) is 0.170. The van der Waals surface area contributed by atoms with Gasteiger partial charge in [0.2, 0.25) is 0 Å². The topological polar surface area (TPSA) is 59.0 Å². The van der Waals surface area contributed by atoms with Gasteiger partial charge in [-0.2, -0.15) is 0 Å². The SMILES string of the molecule is CN(CCCN(C)p1oc2ccc3ccccc3c2c2c(ccc3ccccc32)o1)p1oc2ccc3ccccc3c2c2c(ccc3ccccc32)o1. The van der Waals surface area contributed by atoms with Crippen LogP contribution in [0.2, 0.25) is 0 Å². The molecule has 0 unspecified atom stereocenters. The third-order valence-corrected chi connectivity index (χ3v) is 13.2. The molecule has 0 atom stereocenters. The molecule has 2 heterocycles. The van der Waals surface area contributed by atoms with Gasteiger partial charge in [-0.25, -0.2) is 9.34 Å². The van der Waals surface area contributed by atoms with Crippen LogP contribution in [0.5, 0.6) is 0 Å². The smallest absolute Gasteiger partial charge is 0.309 e. The fourth-order valence-corrected chi connectivity index (χ4v) is 10.2. The van der Waals surface area contributed by atoms with E-state index in [4.69, 9.17) is 16.8 Å². The standard InChI is InChI=1S/C45H36N2O4P2/c1-46(52-48-38-24-20-30-12-3-7-16-34(30)42(38)43-35-17-8-4-13-31(35)21-25-39(43)49-52)28-11-29-47(2)53-50-40-26-22-32-14-5-9-18-36(32)44(40)45-37-19-10-6-15-33(37)23-27-41(45)51-53/h3-10,12-27H,11,28-29H2,1-2H3. The number of rotatable bonds is 6. The zero-order chi connectivity index (χ0) is 35.5. The molecule has 0 aliphatic rings. The van der Waals surface area contributed by atoms with E-state index in [9.17, 15) is 0 Å². The first-order valence-electron chi connectivity index (χ1n) is 17.9. The largest absolute Gasteiger partial charge is 0.408 e. The van der Waals surface area contributed by atoms with Crippen molar-refractivity contribution in [3.05, 3.63) is 146 Å². The molecule has 0 bridgehead atoms. The van der Waals surface area contributed by atoms with Gasteiger partial charge >= 0.3 is 16.3 Å². The zero-order valence-electron chi connectivity index (χ0n) is 29.4. The van der Waals surface area contributed by atoms with E-state index < -0.39 is 16.3 Å². The Balaban J connectivity index is 1.02. The van der Waals surface area contributed by atoms with Crippen molar-refractivity contribution < 1.29 is 16.8 Å². The molecule has 8 aromatic carbocycles. The Hall–Kier alpha value is -5.48. The van der Waals surface area contributed by atoms with Crippen molar-refractivity contribution in [2.75, 3.05) is 36.5 Å².